The average molecular weight is 603 g/mol. The summed E-state index contributed by atoms with van der Waals surface area (Å²) in [6, 6.07) is 7.93. The number of piperazine rings is 1. The minimum absolute atomic E-state index is 0.293. The first-order chi connectivity index (χ1) is 18.2. The molecule has 2 fully saturated rings. The van der Waals surface area contributed by atoms with E-state index in [0.29, 0.717) is 25.6 Å². The quantitative estimate of drug-likeness (QED) is 0.359. The largest absolute Gasteiger partial charge is 0.492 e. The van der Waals surface area contributed by atoms with Gasteiger partial charge in [0.05, 0.1) is 9.35 Å². The molecule has 5 rings (SSSR count). The standard InChI is InChI=1S/C26H32BrN7O3S/c1-26(2)23(35)31-25(36)34(26)7-6-28-24-29-16-19(27)22(30-24)21-15-17-14-18(4-5-20(17)38-21)37-13-12-33-10-8-32(3)9-11-33/h4-5,14-16H,6-13H2,1-3H3,(H,28,29,30)(H,31,35,36). The molecule has 0 unspecified atom stereocenters. The fourth-order valence-corrected chi connectivity index (χ4v) is 6.15. The number of nitrogens with zero attached hydrogens (tertiary/aromatic N) is 5. The van der Waals surface area contributed by atoms with Crippen LogP contribution in [0.15, 0.2) is 34.9 Å². The second-order valence-electron chi connectivity index (χ2n) is 10.1. The molecule has 10 nitrogen and oxygen atoms in total. The third-order valence-corrected chi connectivity index (χ3v) is 8.76. The maximum atomic E-state index is 12.1. The van der Waals surface area contributed by atoms with Gasteiger partial charge in [0.2, 0.25) is 5.95 Å². The number of hydrogen-bond donors (Lipinski definition) is 2. The topological polar surface area (TPSA) is 103 Å². The van der Waals surface area contributed by atoms with Gasteiger partial charge in [-0.05, 0) is 66.5 Å². The van der Waals surface area contributed by atoms with Gasteiger partial charge in [0, 0.05) is 56.7 Å². The van der Waals surface area contributed by atoms with Gasteiger partial charge in [-0.15, -0.1) is 11.3 Å². The van der Waals surface area contributed by atoms with Crippen LogP contribution in [-0.2, 0) is 4.79 Å². The highest BCUT2D eigenvalue weighted by atomic mass is 79.9. The second-order valence-corrected chi connectivity index (χ2v) is 12.0. The van der Waals surface area contributed by atoms with Crippen molar-refractivity contribution in [2.45, 2.75) is 19.4 Å². The van der Waals surface area contributed by atoms with Gasteiger partial charge in [-0.3, -0.25) is 15.0 Å². The predicted molar refractivity (Wildman–Crippen MR) is 153 cm³/mol. The number of likely N-dealkylation sites (N-methyl/N-ethyl adjacent to an activating group) is 1. The van der Waals surface area contributed by atoms with Crippen molar-refractivity contribution < 1.29 is 14.3 Å². The van der Waals surface area contributed by atoms with E-state index in [1.807, 2.05) is 6.07 Å². The summed E-state index contributed by atoms with van der Waals surface area (Å²) in [5.74, 6) is 1.03. The lowest BCUT2D eigenvalue weighted by atomic mass is 10.0. The Kier molecular flexibility index (Phi) is 7.85. The minimum atomic E-state index is -0.880. The van der Waals surface area contributed by atoms with Crippen molar-refractivity contribution in [1.82, 2.24) is 30.0 Å². The molecule has 38 heavy (non-hydrogen) atoms. The predicted octanol–water partition coefficient (Wildman–Crippen LogP) is 3.49. The van der Waals surface area contributed by atoms with Gasteiger partial charge in [0.25, 0.3) is 5.91 Å². The summed E-state index contributed by atoms with van der Waals surface area (Å²) in [4.78, 5) is 40.5. The summed E-state index contributed by atoms with van der Waals surface area (Å²) in [7, 11) is 2.16. The Morgan fingerprint density at radius 1 is 1.16 bits per heavy atom. The molecule has 2 aliphatic rings. The molecule has 0 aliphatic carbocycles. The summed E-state index contributed by atoms with van der Waals surface area (Å²) >= 11 is 5.25. The summed E-state index contributed by atoms with van der Waals surface area (Å²) in [5, 5.41) is 6.64. The molecule has 202 valence electrons. The van der Waals surface area contributed by atoms with Crippen molar-refractivity contribution in [3.8, 4) is 16.3 Å². The molecule has 4 heterocycles. The Bertz CT molecular complexity index is 1340. The number of thiophene rings is 1. The molecule has 2 saturated heterocycles. The van der Waals surface area contributed by atoms with Crippen LogP contribution in [-0.4, -0.2) is 102 Å². The van der Waals surface area contributed by atoms with E-state index in [9.17, 15) is 9.59 Å². The smallest absolute Gasteiger partial charge is 0.325 e. The average Bonchev–Trinajstić information content (AvgIpc) is 3.39. The fourth-order valence-electron chi connectivity index (χ4n) is 4.57. The first kappa shape index (κ1) is 26.8. The van der Waals surface area contributed by atoms with Crippen molar-refractivity contribution in [2.24, 2.45) is 0 Å². The number of amides is 3. The Morgan fingerprint density at radius 2 is 1.95 bits per heavy atom. The van der Waals surface area contributed by atoms with E-state index < -0.39 is 5.54 Å². The fraction of sp³-hybridized carbons (Fsp3) is 0.462. The molecule has 3 aromatic rings. The van der Waals surface area contributed by atoms with Gasteiger partial charge in [-0.2, -0.15) is 0 Å². The SMILES string of the molecule is CN1CCN(CCOc2ccc3sc(-c4nc(NCCN5C(=O)NC(=O)C5(C)C)ncc4Br)cc3c2)CC1. The minimum Gasteiger partial charge on any atom is -0.492 e. The number of carbonyl (C=O) groups is 2. The number of fused-ring (bicyclic) bond motifs is 1. The number of benzene rings is 1. The molecule has 0 bridgehead atoms. The Hall–Kier alpha value is -2.80. The summed E-state index contributed by atoms with van der Waals surface area (Å²) in [6.07, 6.45) is 1.72. The van der Waals surface area contributed by atoms with Crippen LogP contribution in [0.5, 0.6) is 5.75 Å². The normalized spacial score (nSPS) is 18.3. The van der Waals surface area contributed by atoms with Crippen molar-refractivity contribution in [3.63, 3.8) is 0 Å². The molecule has 0 saturated carbocycles. The van der Waals surface area contributed by atoms with E-state index in [1.165, 1.54) is 4.90 Å². The molecule has 3 amide bonds. The van der Waals surface area contributed by atoms with Crippen LogP contribution in [0.25, 0.3) is 20.7 Å². The van der Waals surface area contributed by atoms with Crippen molar-refractivity contribution in [2.75, 3.05) is 64.8 Å². The number of imide groups is 1. The number of hydrogen-bond acceptors (Lipinski definition) is 9. The highest BCUT2D eigenvalue weighted by Crippen LogP contribution is 2.37. The summed E-state index contributed by atoms with van der Waals surface area (Å²) in [5.41, 5.74) is -0.0926. The van der Waals surface area contributed by atoms with E-state index in [2.05, 4.69) is 66.6 Å². The van der Waals surface area contributed by atoms with Crippen LogP contribution in [0, 0.1) is 0 Å². The van der Waals surface area contributed by atoms with Crippen molar-refractivity contribution in [3.05, 3.63) is 34.9 Å². The van der Waals surface area contributed by atoms with Gasteiger partial charge in [-0.25, -0.2) is 14.8 Å². The third kappa shape index (κ3) is 5.78. The zero-order valence-electron chi connectivity index (χ0n) is 21.8. The number of carbonyl (C=O) groups excluding carboxylic acids is 2. The van der Waals surface area contributed by atoms with Crippen LogP contribution >= 0.6 is 27.3 Å². The third-order valence-electron chi connectivity index (χ3n) is 7.05. The van der Waals surface area contributed by atoms with E-state index in [4.69, 9.17) is 9.72 Å². The number of nitrogens with one attached hydrogen (secondary N) is 2. The van der Waals surface area contributed by atoms with Gasteiger partial charge in [0.15, 0.2) is 0 Å². The van der Waals surface area contributed by atoms with E-state index >= 15 is 0 Å². The molecule has 0 atom stereocenters. The first-order valence-electron chi connectivity index (χ1n) is 12.7. The van der Waals surface area contributed by atoms with E-state index in [1.54, 1.807) is 31.4 Å². The Labute approximate surface area is 234 Å². The van der Waals surface area contributed by atoms with Crippen LogP contribution in [0.1, 0.15) is 13.8 Å². The van der Waals surface area contributed by atoms with E-state index in [0.717, 1.165) is 63.6 Å². The molecule has 1 aromatic carbocycles. The number of rotatable bonds is 9. The van der Waals surface area contributed by atoms with Crippen molar-refractivity contribution in [1.29, 1.82) is 0 Å². The van der Waals surface area contributed by atoms with Crippen LogP contribution in [0.3, 0.4) is 0 Å². The number of ether oxygens (including phenoxy) is 1. The van der Waals surface area contributed by atoms with Gasteiger partial charge in [0.1, 0.15) is 23.6 Å². The van der Waals surface area contributed by atoms with Crippen LogP contribution in [0.2, 0.25) is 0 Å². The number of urea groups is 1. The zero-order valence-corrected chi connectivity index (χ0v) is 24.2. The number of aromatic nitrogens is 2. The molecular formula is C26H32BrN7O3S. The molecule has 0 radical (unpaired) electrons. The highest BCUT2D eigenvalue weighted by Gasteiger charge is 2.45. The molecule has 2 aromatic heterocycles. The van der Waals surface area contributed by atoms with E-state index in [-0.39, 0.29) is 11.9 Å². The first-order valence-corrected chi connectivity index (χ1v) is 14.3. The lowest BCUT2D eigenvalue weighted by molar-refractivity contribution is -0.125. The zero-order chi connectivity index (χ0) is 26.9. The Balaban J connectivity index is 1.22. The Morgan fingerprint density at radius 3 is 2.68 bits per heavy atom. The molecule has 2 N–H and O–H groups in total. The van der Waals surface area contributed by atoms with Crippen molar-refractivity contribution >= 4 is 55.2 Å². The van der Waals surface area contributed by atoms with Gasteiger partial charge < -0.3 is 19.9 Å². The maximum absolute atomic E-state index is 12.1. The molecule has 12 heteroatoms. The molecule has 0 spiro atoms. The summed E-state index contributed by atoms with van der Waals surface area (Å²) in [6.45, 7) is 10.2. The monoisotopic (exact) mass is 601 g/mol. The lowest BCUT2D eigenvalue weighted by Gasteiger charge is -2.32. The lowest BCUT2D eigenvalue weighted by Crippen LogP contribution is -2.46. The van der Waals surface area contributed by atoms with Gasteiger partial charge in [-0.1, -0.05) is 0 Å². The number of halogens is 1. The second kappa shape index (κ2) is 11.1. The van der Waals surface area contributed by atoms with Crippen LogP contribution in [0.4, 0.5) is 10.7 Å². The maximum Gasteiger partial charge on any atom is 0.325 e. The number of anilines is 1. The van der Waals surface area contributed by atoms with Crippen LogP contribution < -0.4 is 15.4 Å². The molecular weight excluding hydrogens is 570 g/mol. The molecule has 2 aliphatic heterocycles. The summed E-state index contributed by atoms with van der Waals surface area (Å²) < 4.78 is 8.01. The van der Waals surface area contributed by atoms with Gasteiger partial charge >= 0.3 is 6.03 Å². The highest BCUT2D eigenvalue weighted by molar-refractivity contribution is 9.10.